The molecule has 0 aromatic rings. The van der Waals surface area contributed by atoms with Gasteiger partial charge >= 0.3 is 35.8 Å². The predicted molar refractivity (Wildman–Crippen MR) is 124 cm³/mol. The Morgan fingerprint density at radius 1 is 0.500 bits per heavy atom. The van der Waals surface area contributed by atoms with Gasteiger partial charge in [0.2, 0.25) is 0 Å². The molecule has 12 heteroatoms. The third-order valence-corrected chi connectivity index (χ3v) is 5.43. The minimum atomic E-state index is -1.01. The van der Waals surface area contributed by atoms with Crippen LogP contribution in [0.3, 0.4) is 0 Å². The summed E-state index contributed by atoms with van der Waals surface area (Å²) < 4.78 is 16.0. The van der Waals surface area contributed by atoms with Gasteiger partial charge in [-0.15, -0.1) is 0 Å². The second-order valence-electron chi connectivity index (χ2n) is 8.64. The number of aliphatic carboxylic acids is 3. The Balaban J connectivity index is 4.87. The summed E-state index contributed by atoms with van der Waals surface area (Å²) in [5, 5.41) is 26.0. The lowest BCUT2D eigenvalue weighted by atomic mass is 9.88. The van der Waals surface area contributed by atoms with Gasteiger partial charge in [-0.25, -0.2) is 0 Å². The SMILES string of the molecule is CCC(COC(=O)CCCCC(=O)O)(COC(=O)CCCCC(=O)O)COC(=O)CCCCC(=O)O. The number of carboxylic acids is 3. The van der Waals surface area contributed by atoms with E-state index in [4.69, 9.17) is 29.5 Å². The standard InChI is InChI=1S/C24H38O12/c1-2-24(15-34-21(31)12-6-3-9-18(25)26,16-35-22(32)13-7-4-10-19(27)28)17-36-23(33)14-8-5-11-20(29)30/h2-17H2,1H3,(H,25,26)(H,27,28)(H,29,30). The summed E-state index contributed by atoms with van der Waals surface area (Å²) in [6.45, 7) is 1.17. The zero-order chi connectivity index (χ0) is 27.4. The topological polar surface area (TPSA) is 191 Å². The van der Waals surface area contributed by atoms with E-state index in [0.29, 0.717) is 44.9 Å². The van der Waals surface area contributed by atoms with Crippen molar-refractivity contribution in [1.29, 1.82) is 0 Å². The summed E-state index contributed by atoms with van der Waals surface area (Å²) in [6, 6.07) is 0. The highest BCUT2D eigenvalue weighted by Gasteiger charge is 2.34. The fraction of sp³-hybridized carbons (Fsp3) is 0.750. The van der Waals surface area contributed by atoms with Gasteiger partial charge in [0.15, 0.2) is 0 Å². The molecule has 36 heavy (non-hydrogen) atoms. The Hall–Kier alpha value is -3.18. The lowest BCUT2D eigenvalue weighted by Gasteiger charge is -2.31. The van der Waals surface area contributed by atoms with E-state index in [1.807, 2.05) is 0 Å². The number of unbranched alkanes of at least 4 members (excludes halogenated alkanes) is 3. The number of ether oxygens (including phenoxy) is 3. The number of rotatable bonds is 22. The Morgan fingerprint density at radius 3 is 0.972 bits per heavy atom. The summed E-state index contributed by atoms with van der Waals surface area (Å²) in [6.07, 6.45) is 2.16. The van der Waals surface area contributed by atoms with Crippen molar-refractivity contribution in [3.8, 4) is 0 Å². The fourth-order valence-electron chi connectivity index (χ4n) is 2.99. The van der Waals surface area contributed by atoms with Crippen molar-refractivity contribution in [2.24, 2.45) is 5.41 Å². The van der Waals surface area contributed by atoms with Gasteiger partial charge in [0.25, 0.3) is 0 Å². The fourth-order valence-corrected chi connectivity index (χ4v) is 2.99. The summed E-state index contributed by atoms with van der Waals surface area (Å²) in [4.78, 5) is 68.0. The molecule has 0 atom stereocenters. The van der Waals surface area contributed by atoms with Crippen molar-refractivity contribution in [2.45, 2.75) is 90.4 Å². The van der Waals surface area contributed by atoms with Crippen molar-refractivity contribution < 1.29 is 58.3 Å². The maximum Gasteiger partial charge on any atom is 0.305 e. The zero-order valence-corrected chi connectivity index (χ0v) is 20.8. The van der Waals surface area contributed by atoms with Gasteiger partial charge in [-0.2, -0.15) is 0 Å². The minimum absolute atomic E-state index is 0.0137. The average molecular weight is 519 g/mol. The lowest BCUT2D eigenvalue weighted by Crippen LogP contribution is -2.39. The molecule has 206 valence electrons. The van der Waals surface area contributed by atoms with Crippen LogP contribution in [0.4, 0.5) is 0 Å². The van der Waals surface area contributed by atoms with Crippen molar-refractivity contribution in [1.82, 2.24) is 0 Å². The molecule has 0 saturated carbocycles. The Bertz CT molecular complexity index is 638. The molecule has 0 aliphatic rings. The van der Waals surface area contributed by atoms with E-state index in [2.05, 4.69) is 0 Å². The van der Waals surface area contributed by atoms with Crippen LogP contribution < -0.4 is 0 Å². The van der Waals surface area contributed by atoms with E-state index in [0.717, 1.165) is 0 Å². The molecule has 0 spiro atoms. The summed E-state index contributed by atoms with van der Waals surface area (Å²) in [5.41, 5.74) is -1.01. The molecule has 0 fully saturated rings. The number of esters is 3. The van der Waals surface area contributed by atoms with Crippen LogP contribution in [0.1, 0.15) is 90.4 Å². The van der Waals surface area contributed by atoms with E-state index in [1.165, 1.54) is 0 Å². The first-order valence-corrected chi connectivity index (χ1v) is 12.1. The van der Waals surface area contributed by atoms with Crippen LogP contribution in [0.2, 0.25) is 0 Å². The summed E-state index contributed by atoms with van der Waals surface area (Å²) in [5.74, 6) is -4.54. The van der Waals surface area contributed by atoms with E-state index in [1.54, 1.807) is 6.92 Å². The first-order valence-electron chi connectivity index (χ1n) is 12.1. The van der Waals surface area contributed by atoms with Crippen molar-refractivity contribution in [2.75, 3.05) is 19.8 Å². The van der Waals surface area contributed by atoms with Gasteiger partial charge in [-0.3, -0.25) is 28.8 Å². The second-order valence-corrected chi connectivity index (χ2v) is 8.64. The monoisotopic (exact) mass is 518 g/mol. The third kappa shape index (κ3) is 18.2. The molecule has 0 saturated heterocycles. The van der Waals surface area contributed by atoms with E-state index in [-0.39, 0.29) is 58.3 Å². The highest BCUT2D eigenvalue weighted by atomic mass is 16.6. The lowest BCUT2D eigenvalue weighted by molar-refractivity contribution is -0.163. The molecule has 0 aliphatic carbocycles. The first-order chi connectivity index (χ1) is 17.0. The number of carbonyl (C=O) groups is 6. The van der Waals surface area contributed by atoms with Crippen molar-refractivity contribution >= 4 is 35.8 Å². The number of carbonyl (C=O) groups excluding carboxylic acids is 3. The van der Waals surface area contributed by atoms with Crippen LogP contribution in [-0.4, -0.2) is 71.0 Å². The van der Waals surface area contributed by atoms with E-state index < -0.39 is 41.2 Å². The average Bonchev–Trinajstić information content (AvgIpc) is 2.81. The van der Waals surface area contributed by atoms with Crippen LogP contribution in [0.25, 0.3) is 0 Å². The third-order valence-electron chi connectivity index (χ3n) is 5.43. The summed E-state index contributed by atoms with van der Waals surface area (Å²) in [7, 11) is 0. The number of carboxylic acid groups (broad SMARTS) is 3. The van der Waals surface area contributed by atoms with Gasteiger partial charge in [0.05, 0.1) is 5.41 Å². The van der Waals surface area contributed by atoms with Crippen LogP contribution >= 0.6 is 0 Å². The molecule has 0 unspecified atom stereocenters. The zero-order valence-electron chi connectivity index (χ0n) is 20.8. The molecule has 0 aromatic carbocycles. The molecule has 12 nitrogen and oxygen atoms in total. The molecule has 0 radical (unpaired) electrons. The molecule has 0 aliphatic heterocycles. The minimum Gasteiger partial charge on any atom is -0.481 e. The summed E-state index contributed by atoms with van der Waals surface area (Å²) >= 11 is 0. The normalized spacial score (nSPS) is 10.9. The second kappa shape index (κ2) is 19.1. The highest BCUT2D eigenvalue weighted by Crippen LogP contribution is 2.25. The van der Waals surface area contributed by atoms with Gasteiger partial charge in [0, 0.05) is 38.5 Å². The van der Waals surface area contributed by atoms with Crippen LogP contribution in [-0.2, 0) is 43.0 Å². The van der Waals surface area contributed by atoms with Crippen molar-refractivity contribution in [3.05, 3.63) is 0 Å². The quantitative estimate of drug-likeness (QED) is 0.108. The molecule has 0 amide bonds. The molecule has 0 heterocycles. The van der Waals surface area contributed by atoms with Crippen LogP contribution in [0.5, 0.6) is 0 Å². The molecule has 0 rings (SSSR count). The largest absolute Gasteiger partial charge is 0.481 e. The van der Waals surface area contributed by atoms with Crippen molar-refractivity contribution in [3.63, 3.8) is 0 Å². The molecule has 0 aromatic heterocycles. The predicted octanol–water partition coefficient (Wildman–Crippen LogP) is 2.95. The molecular formula is C24H38O12. The van der Waals surface area contributed by atoms with Crippen LogP contribution in [0.15, 0.2) is 0 Å². The molecule has 0 bridgehead atoms. The smallest absolute Gasteiger partial charge is 0.305 e. The highest BCUT2D eigenvalue weighted by molar-refractivity contribution is 5.71. The maximum atomic E-state index is 12.1. The Labute approximate surface area is 210 Å². The Kier molecular flexibility index (Phi) is 17.4. The Morgan fingerprint density at radius 2 is 0.750 bits per heavy atom. The number of hydrogen-bond acceptors (Lipinski definition) is 9. The molecular weight excluding hydrogens is 480 g/mol. The van der Waals surface area contributed by atoms with Gasteiger partial charge in [0.1, 0.15) is 19.8 Å². The van der Waals surface area contributed by atoms with Gasteiger partial charge in [-0.05, 0) is 44.9 Å². The van der Waals surface area contributed by atoms with E-state index in [9.17, 15) is 28.8 Å². The maximum absolute atomic E-state index is 12.1. The van der Waals surface area contributed by atoms with E-state index >= 15 is 0 Å². The van der Waals surface area contributed by atoms with Gasteiger partial charge in [-0.1, -0.05) is 6.92 Å². The first kappa shape index (κ1) is 32.8. The van der Waals surface area contributed by atoms with Gasteiger partial charge < -0.3 is 29.5 Å². The van der Waals surface area contributed by atoms with Crippen LogP contribution in [0, 0.1) is 5.41 Å². The molecule has 3 N–H and O–H groups in total. The number of hydrogen-bond donors (Lipinski definition) is 3.